The summed E-state index contributed by atoms with van der Waals surface area (Å²) in [6, 6.07) is 16.3. The van der Waals surface area contributed by atoms with Gasteiger partial charge in [0.05, 0.1) is 13.2 Å². The van der Waals surface area contributed by atoms with E-state index in [1.165, 1.54) is 0 Å². The predicted molar refractivity (Wildman–Crippen MR) is 87.2 cm³/mol. The molecule has 0 saturated heterocycles. The lowest BCUT2D eigenvalue weighted by atomic mass is 10.2. The van der Waals surface area contributed by atoms with Gasteiger partial charge in [-0.15, -0.1) is 0 Å². The Labute approximate surface area is 129 Å². The summed E-state index contributed by atoms with van der Waals surface area (Å²) in [5, 5.41) is 21.0. The lowest BCUT2D eigenvalue weighted by molar-refractivity contribution is 0.102. The Morgan fingerprint density at radius 1 is 0.955 bits per heavy atom. The van der Waals surface area contributed by atoms with E-state index < -0.39 is 0 Å². The zero-order chi connectivity index (χ0) is 15.8. The monoisotopic (exact) mass is 300 g/mol. The molecule has 0 aliphatic rings. The van der Waals surface area contributed by atoms with Gasteiger partial charge < -0.3 is 20.4 Å². The van der Waals surface area contributed by atoms with Crippen molar-refractivity contribution in [2.75, 3.05) is 36.5 Å². The van der Waals surface area contributed by atoms with E-state index in [-0.39, 0.29) is 19.1 Å². The summed E-state index contributed by atoms with van der Waals surface area (Å²) in [6.45, 7) is 0.856. The molecule has 0 saturated carbocycles. The molecule has 0 aliphatic heterocycles. The Bertz CT molecular complexity index is 596. The molecule has 116 valence electrons. The number of nitrogens with one attached hydrogen (secondary N) is 1. The molecule has 2 rings (SSSR count). The Balaban J connectivity index is 2.12. The standard InChI is InChI=1S/C17H20N2O3/c20-11-9-19(10-12-21)16-8-4-7-15(13-16)18-17(22)14-5-2-1-3-6-14/h1-8,13,20-21H,9-12H2,(H,18,22). The van der Waals surface area contributed by atoms with Crippen molar-refractivity contribution in [3.8, 4) is 0 Å². The summed E-state index contributed by atoms with van der Waals surface area (Å²) in [6.07, 6.45) is 0. The number of carbonyl (C=O) groups is 1. The van der Waals surface area contributed by atoms with Crippen molar-refractivity contribution in [1.29, 1.82) is 0 Å². The first kappa shape index (κ1) is 16.0. The maximum absolute atomic E-state index is 12.1. The Kier molecular flexibility index (Phi) is 5.94. The fourth-order valence-electron chi connectivity index (χ4n) is 2.18. The molecule has 0 aromatic heterocycles. The molecule has 2 aromatic carbocycles. The highest BCUT2D eigenvalue weighted by Crippen LogP contribution is 2.19. The largest absolute Gasteiger partial charge is 0.395 e. The maximum Gasteiger partial charge on any atom is 0.255 e. The van der Waals surface area contributed by atoms with Crippen LogP contribution in [0.15, 0.2) is 54.6 Å². The van der Waals surface area contributed by atoms with Crippen molar-refractivity contribution in [3.05, 3.63) is 60.2 Å². The summed E-state index contributed by atoms with van der Waals surface area (Å²) in [7, 11) is 0. The van der Waals surface area contributed by atoms with Crippen molar-refractivity contribution < 1.29 is 15.0 Å². The number of anilines is 2. The van der Waals surface area contributed by atoms with E-state index in [1.54, 1.807) is 18.2 Å². The molecule has 0 heterocycles. The summed E-state index contributed by atoms with van der Waals surface area (Å²) >= 11 is 0. The minimum absolute atomic E-state index is 0.000597. The second-order valence-electron chi connectivity index (χ2n) is 4.80. The van der Waals surface area contributed by atoms with Gasteiger partial charge in [-0.25, -0.2) is 0 Å². The summed E-state index contributed by atoms with van der Waals surface area (Å²) in [5.41, 5.74) is 2.11. The van der Waals surface area contributed by atoms with E-state index in [0.717, 1.165) is 5.69 Å². The number of nitrogens with zero attached hydrogens (tertiary/aromatic N) is 1. The number of hydrogen-bond donors (Lipinski definition) is 3. The van der Waals surface area contributed by atoms with E-state index in [4.69, 9.17) is 10.2 Å². The van der Waals surface area contributed by atoms with Crippen LogP contribution in [0, 0.1) is 0 Å². The third-order valence-corrected chi connectivity index (χ3v) is 3.24. The summed E-state index contributed by atoms with van der Waals surface area (Å²) < 4.78 is 0. The van der Waals surface area contributed by atoms with Crippen LogP contribution in [-0.4, -0.2) is 42.4 Å². The zero-order valence-electron chi connectivity index (χ0n) is 12.3. The van der Waals surface area contributed by atoms with Crippen LogP contribution in [0.3, 0.4) is 0 Å². The fourth-order valence-corrected chi connectivity index (χ4v) is 2.18. The van der Waals surface area contributed by atoms with Crippen molar-refractivity contribution in [3.63, 3.8) is 0 Å². The molecule has 0 spiro atoms. The van der Waals surface area contributed by atoms with Crippen LogP contribution in [0.2, 0.25) is 0 Å². The second kappa shape index (κ2) is 8.17. The Hall–Kier alpha value is -2.37. The van der Waals surface area contributed by atoms with E-state index in [1.807, 2.05) is 41.3 Å². The van der Waals surface area contributed by atoms with Crippen molar-refractivity contribution in [1.82, 2.24) is 0 Å². The molecule has 22 heavy (non-hydrogen) atoms. The minimum Gasteiger partial charge on any atom is -0.395 e. The van der Waals surface area contributed by atoms with Gasteiger partial charge in [0.1, 0.15) is 0 Å². The maximum atomic E-state index is 12.1. The van der Waals surface area contributed by atoms with E-state index in [2.05, 4.69) is 5.32 Å². The highest BCUT2D eigenvalue weighted by atomic mass is 16.3. The number of carbonyl (C=O) groups excluding carboxylic acids is 1. The second-order valence-corrected chi connectivity index (χ2v) is 4.80. The van der Waals surface area contributed by atoms with Crippen LogP contribution in [0.25, 0.3) is 0 Å². The summed E-state index contributed by atoms with van der Waals surface area (Å²) in [4.78, 5) is 14.0. The number of aliphatic hydroxyl groups is 2. The van der Waals surface area contributed by atoms with E-state index in [9.17, 15) is 4.79 Å². The molecule has 0 fully saturated rings. The highest BCUT2D eigenvalue weighted by Gasteiger charge is 2.08. The van der Waals surface area contributed by atoms with Crippen LogP contribution in [0.4, 0.5) is 11.4 Å². The van der Waals surface area contributed by atoms with Crippen LogP contribution >= 0.6 is 0 Å². The first-order valence-electron chi connectivity index (χ1n) is 7.17. The molecule has 5 heteroatoms. The van der Waals surface area contributed by atoms with Gasteiger partial charge in [0.2, 0.25) is 0 Å². The first-order valence-corrected chi connectivity index (χ1v) is 7.17. The predicted octanol–water partition coefficient (Wildman–Crippen LogP) is 1.73. The number of aliphatic hydroxyl groups excluding tert-OH is 2. The van der Waals surface area contributed by atoms with Gasteiger partial charge in [0.25, 0.3) is 5.91 Å². The lowest BCUT2D eigenvalue weighted by Gasteiger charge is -2.23. The van der Waals surface area contributed by atoms with Gasteiger partial charge in [-0.1, -0.05) is 24.3 Å². The number of amides is 1. The van der Waals surface area contributed by atoms with Crippen LogP contribution < -0.4 is 10.2 Å². The molecule has 5 nitrogen and oxygen atoms in total. The highest BCUT2D eigenvalue weighted by molar-refractivity contribution is 6.04. The third-order valence-electron chi connectivity index (χ3n) is 3.24. The quantitative estimate of drug-likeness (QED) is 0.728. The average molecular weight is 300 g/mol. The molecule has 0 unspecified atom stereocenters. The number of rotatable bonds is 7. The molecule has 0 aliphatic carbocycles. The van der Waals surface area contributed by atoms with Gasteiger partial charge in [-0.05, 0) is 30.3 Å². The SMILES string of the molecule is O=C(Nc1cccc(N(CCO)CCO)c1)c1ccccc1. The van der Waals surface area contributed by atoms with E-state index >= 15 is 0 Å². The van der Waals surface area contributed by atoms with Gasteiger partial charge >= 0.3 is 0 Å². The van der Waals surface area contributed by atoms with Crippen LogP contribution in [0.1, 0.15) is 10.4 Å². The molecule has 0 radical (unpaired) electrons. The van der Waals surface area contributed by atoms with Gasteiger partial charge in [0, 0.05) is 30.0 Å². The molecular formula is C17H20N2O3. The zero-order valence-corrected chi connectivity index (χ0v) is 12.3. The lowest BCUT2D eigenvalue weighted by Crippen LogP contribution is -2.29. The number of benzene rings is 2. The van der Waals surface area contributed by atoms with Gasteiger partial charge in [-0.2, -0.15) is 0 Å². The minimum atomic E-state index is -0.173. The summed E-state index contributed by atoms with van der Waals surface area (Å²) in [5.74, 6) is -0.173. The van der Waals surface area contributed by atoms with Crippen molar-refractivity contribution >= 4 is 17.3 Å². The van der Waals surface area contributed by atoms with Crippen molar-refractivity contribution in [2.24, 2.45) is 0 Å². The molecule has 0 bridgehead atoms. The fraction of sp³-hybridized carbons (Fsp3) is 0.235. The van der Waals surface area contributed by atoms with Crippen LogP contribution in [0.5, 0.6) is 0 Å². The molecule has 2 aromatic rings. The Morgan fingerprint density at radius 3 is 2.27 bits per heavy atom. The molecule has 3 N–H and O–H groups in total. The topological polar surface area (TPSA) is 72.8 Å². The first-order chi connectivity index (χ1) is 10.7. The third kappa shape index (κ3) is 4.31. The van der Waals surface area contributed by atoms with E-state index in [0.29, 0.717) is 24.3 Å². The van der Waals surface area contributed by atoms with Gasteiger partial charge in [-0.3, -0.25) is 4.79 Å². The number of hydrogen-bond acceptors (Lipinski definition) is 4. The normalized spacial score (nSPS) is 10.3. The smallest absolute Gasteiger partial charge is 0.255 e. The molecule has 1 amide bonds. The average Bonchev–Trinajstić information content (AvgIpc) is 2.56. The molecule has 0 atom stereocenters. The van der Waals surface area contributed by atoms with Crippen LogP contribution in [-0.2, 0) is 0 Å². The van der Waals surface area contributed by atoms with Crippen molar-refractivity contribution in [2.45, 2.75) is 0 Å². The van der Waals surface area contributed by atoms with Gasteiger partial charge in [0.15, 0.2) is 0 Å². The Morgan fingerprint density at radius 2 is 1.64 bits per heavy atom. The molecular weight excluding hydrogens is 280 g/mol.